The van der Waals surface area contributed by atoms with Crippen molar-refractivity contribution in [2.24, 2.45) is 0 Å². The van der Waals surface area contributed by atoms with Crippen LogP contribution in [0.1, 0.15) is 5.56 Å². The van der Waals surface area contributed by atoms with Gasteiger partial charge in [0.2, 0.25) is 0 Å². The van der Waals surface area contributed by atoms with E-state index in [0.717, 1.165) is 25.8 Å². The fraction of sp³-hybridized carbons (Fsp3) is 0.0769. The highest BCUT2D eigenvalue weighted by molar-refractivity contribution is 9.11. The van der Waals surface area contributed by atoms with Crippen LogP contribution in [0.3, 0.4) is 0 Å². The van der Waals surface area contributed by atoms with Crippen molar-refractivity contribution >= 4 is 59.4 Å². The molecule has 2 aromatic carbocycles. The molecule has 0 bridgehead atoms. The molecule has 0 spiro atoms. The Hall–Kier alpha value is -0.0300. The van der Waals surface area contributed by atoms with Crippen LogP contribution in [0.2, 0.25) is 5.02 Å². The van der Waals surface area contributed by atoms with Crippen molar-refractivity contribution in [2.75, 3.05) is 0 Å². The molecule has 18 heavy (non-hydrogen) atoms. The Morgan fingerprint density at radius 1 is 1.00 bits per heavy atom. The van der Waals surface area contributed by atoms with Crippen LogP contribution in [0.25, 0.3) is 0 Å². The molecule has 0 aliphatic rings. The van der Waals surface area contributed by atoms with E-state index in [-0.39, 0.29) is 0 Å². The van der Waals surface area contributed by atoms with Gasteiger partial charge in [-0.15, -0.1) is 0 Å². The van der Waals surface area contributed by atoms with Gasteiger partial charge in [0.05, 0.1) is 4.47 Å². The third-order valence-corrected chi connectivity index (χ3v) is 4.49. The largest absolute Gasteiger partial charge is 0.456 e. The van der Waals surface area contributed by atoms with Crippen molar-refractivity contribution in [1.29, 1.82) is 0 Å². The summed E-state index contributed by atoms with van der Waals surface area (Å²) in [6.07, 6.45) is 0. The lowest BCUT2D eigenvalue weighted by molar-refractivity contribution is 0.479. The molecular formula is C13H8Br3ClO. The van der Waals surface area contributed by atoms with Crippen LogP contribution in [0, 0.1) is 0 Å². The first-order valence-corrected chi connectivity index (χ1v) is 8.16. The second-order valence-electron chi connectivity index (χ2n) is 3.56. The van der Waals surface area contributed by atoms with E-state index in [0.29, 0.717) is 5.02 Å². The lowest BCUT2D eigenvalue weighted by atomic mass is 10.2. The first-order chi connectivity index (χ1) is 8.60. The molecule has 2 rings (SSSR count). The van der Waals surface area contributed by atoms with Gasteiger partial charge in [-0.25, -0.2) is 0 Å². The summed E-state index contributed by atoms with van der Waals surface area (Å²) in [6.45, 7) is 0. The van der Waals surface area contributed by atoms with E-state index >= 15 is 0 Å². The van der Waals surface area contributed by atoms with Crippen LogP contribution >= 0.6 is 59.4 Å². The predicted molar refractivity (Wildman–Crippen MR) is 86.0 cm³/mol. The fourth-order valence-electron chi connectivity index (χ4n) is 1.38. The molecule has 0 heterocycles. The van der Waals surface area contributed by atoms with Crippen molar-refractivity contribution < 1.29 is 4.74 Å². The summed E-state index contributed by atoms with van der Waals surface area (Å²) in [5, 5.41) is 1.48. The normalized spacial score (nSPS) is 10.4. The third-order valence-electron chi connectivity index (χ3n) is 2.29. The van der Waals surface area contributed by atoms with E-state index in [1.165, 1.54) is 5.56 Å². The Morgan fingerprint density at radius 2 is 1.78 bits per heavy atom. The van der Waals surface area contributed by atoms with Crippen molar-refractivity contribution in [3.63, 3.8) is 0 Å². The van der Waals surface area contributed by atoms with Gasteiger partial charge in [-0.3, -0.25) is 0 Å². The second kappa shape index (κ2) is 6.42. The molecule has 0 atom stereocenters. The Balaban J connectivity index is 2.26. The number of hydrogen-bond acceptors (Lipinski definition) is 1. The number of ether oxygens (including phenoxy) is 1. The summed E-state index contributed by atoms with van der Waals surface area (Å²) in [5.74, 6) is 1.51. The summed E-state index contributed by atoms with van der Waals surface area (Å²) in [6, 6.07) is 11.3. The van der Waals surface area contributed by atoms with Gasteiger partial charge in [-0.05, 0) is 51.8 Å². The van der Waals surface area contributed by atoms with Gasteiger partial charge in [0, 0.05) is 14.8 Å². The topological polar surface area (TPSA) is 9.23 Å². The monoisotopic (exact) mass is 452 g/mol. The number of hydrogen-bond donors (Lipinski definition) is 0. The lowest BCUT2D eigenvalue weighted by Gasteiger charge is -2.09. The zero-order valence-corrected chi connectivity index (χ0v) is 14.6. The van der Waals surface area contributed by atoms with Crippen LogP contribution < -0.4 is 4.74 Å². The summed E-state index contributed by atoms with van der Waals surface area (Å²) >= 11 is 16.2. The molecular weight excluding hydrogens is 447 g/mol. The maximum Gasteiger partial charge on any atom is 0.141 e. The zero-order chi connectivity index (χ0) is 13.1. The first-order valence-electron chi connectivity index (χ1n) is 5.07. The van der Waals surface area contributed by atoms with Crippen LogP contribution in [0.4, 0.5) is 0 Å². The average molecular weight is 455 g/mol. The quantitative estimate of drug-likeness (QED) is 0.477. The number of benzene rings is 2. The highest BCUT2D eigenvalue weighted by atomic mass is 79.9. The molecule has 0 saturated carbocycles. The maximum absolute atomic E-state index is 5.89. The molecule has 0 N–H and O–H groups in total. The van der Waals surface area contributed by atoms with Gasteiger partial charge in [-0.2, -0.15) is 0 Å². The molecule has 0 radical (unpaired) electrons. The smallest absolute Gasteiger partial charge is 0.141 e. The van der Waals surface area contributed by atoms with E-state index in [9.17, 15) is 0 Å². The summed E-state index contributed by atoms with van der Waals surface area (Å²) in [4.78, 5) is 0. The lowest BCUT2D eigenvalue weighted by Crippen LogP contribution is -1.87. The summed E-state index contributed by atoms with van der Waals surface area (Å²) in [7, 11) is 0. The molecule has 94 valence electrons. The molecule has 0 unspecified atom stereocenters. The Kier molecular flexibility index (Phi) is 5.13. The van der Waals surface area contributed by atoms with E-state index in [2.05, 4.69) is 47.8 Å². The molecule has 0 amide bonds. The van der Waals surface area contributed by atoms with E-state index in [4.69, 9.17) is 16.3 Å². The van der Waals surface area contributed by atoms with Crippen molar-refractivity contribution in [1.82, 2.24) is 0 Å². The van der Waals surface area contributed by atoms with Gasteiger partial charge in [-0.1, -0.05) is 49.5 Å². The zero-order valence-electron chi connectivity index (χ0n) is 9.09. The van der Waals surface area contributed by atoms with Gasteiger partial charge in [0.25, 0.3) is 0 Å². The first kappa shape index (κ1) is 14.4. The predicted octanol–water partition coefficient (Wildman–Crippen LogP) is 6.55. The van der Waals surface area contributed by atoms with Crippen LogP contribution in [-0.2, 0) is 5.33 Å². The van der Waals surface area contributed by atoms with E-state index < -0.39 is 0 Å². The second-order valence-corrected chi connectivity index (χ2v) is 6.27. The van der Waals surface area contributed by atoms with Gasteiger partial charge < -0.3 is 4.74 Å². The van der Waals surface area contributed by atoms with Gasteiger partial charge in [0.15, 0.2) is 0 Å². The molecule has 0 aromatic heterocycles. The minimum Gasteiger partial charge on any atom is -0.456 e. The number of halogens is 4. The number of rotatable bonds is 3. The SMILES string of the molecule is Clc1ccc(Oc2ccc(CBr)c(Br)c2)c(Br)c1. The molecule has 0 aliphatic carbocycles. The van der Waals surface area contributed by atoms with Gasteiger partial charge >= 0.3 is 0 Å². The van der Waals surface area contributed by atoms with Crippen molar-refractivity contribution in [3.05, 3.63) is 55.9 Å². The molecule has 0 saturated heterocycles. The Bertz CT molecular complexity index is 572. The standard InChI is InChI=1S/C13H8Br3ClO/c14-7-8-1-3-10(6-11(8)15)18-13-4-2-9(17)5-12(13)16/h1-6H,7H2. The molecule has 2 aromatic rings. The van der Waals surface area contributed by atoms with Crippen molar-refractivity contribution in [3.8, 4) is 11.5 Å². The minimum atomic E-state index is 0.671. The fourth-order valence-corrected chi connectivity index (χ4v) is 3.51. The summed E-state index contributed by atoms with van der Waals surface area (Å²) in [5.41, 5.74) is 1.18. The molecule has 0 aliphatic heterocycles. The van der Waals surface area contributed by atoms with Crippen LogP contribution in [0.15, 0.2) is 45.3 Å². The van der Waals surface area contributed by atoms with E-state index in [1.807, 2.05) is 24.3 Å². The highest BCUT2D eigenvalue weighted by Gasteiger charge is 2.05. The third kappa shape index (κ3) is 3.50. The van der Waals surface area contributed by atoms with Crippen LogP contribution in [0.5, 0.6) is 11.5 Å². The number of alkyl halides is 1. The minimum absolute atomic E-state index is 0.671. The van der Waals surface area contributed by atoms with Crippen molar-refractivity contribution in [2.45, 2.75) is 5.33 Å². The maximum atomic E-state index is 5.89. The molecule has 1 nitrogen and oxygen atoms in total. The highest BCUT2D eigenvalue weighted by Crippen LogP contribution is 2.33. The molecule has 0 fully saturated rings. The van der Waals surface area contributed by atoms with E-state index in [1.54, 1.807) is 12.1 Å². The summed E-state index contributed by atoms with van der Waals surface area (Å²) < 4.78 is 7.64. The Morgan fingerprint density at radius 3 is 2.39 bits per heavy atom. The molecule has 5 heteroatoms. The Labute approximate surface area is 136 Å². The average Bonchev–Trinajstić information content (AvgIpc) is 2.33. The van der Waals surface area contributed by atoms with Crippen LogP contribution in [-0.4, -0.2) is 0 Å². The van der Waals surface area contributed by atoms with Gasteiger partial charge in [0.1, 0.15) is 11.5 Å².